The number of anilines is 1. The molecule has 0 bridgehead atoms. The number of rotatable bonds is 9. The van der Waals surface area contributed by atoms with Crippen LogP contribution in [0.15, 0.2) is 48.5 Å². The van der Waals surface area contributed by atoms with Crippen LogP contribution in [-0.2, 0) is 26.2 Å². The predicted octanol–water partition coefficient (Wildman–Crippen LogP) is 2.45. The molecule has 0 aromatic heterocycles. The Kier molecular flexibility index (Phi) is 8.15. The van der Waals surface area contributed by atoms with E-state index < -0.39 is 34.3 Å². The van der Waals surface area contributed by atoms with E-state index >= 15 is 0 Å². The standard InChI is InChI=1S/C22H28FN3O4S/c1-5-24-22(28)17(3)25(14-18-9-7-6-8-16(18)2)21(27)15-26(31(4,29)30)20-12-10-19(23)11-13-20/h6-13,17H,5,14-15H2,1-4H3,(H,24,28)/t17-/m1/s1. The van der Waals surface area contributed by atoms with Gasteiger partial charge in [0.25, 0.3) is 0 Å². The summed E-state index contributed by atoms with van der Waals surface area (Å²) in [5.74, 6) is -1.40. The largest absolute Gasteiger partial charge is 0.355 e. The number of hydrogen-bond acceptors (Lipinski definition) is 4. The zero-order chi connectivity index (χ0) is 23.2. The SMILES string of the molecule is CCNC(=O)[C@@H](C)N(Cc1ccccc1C)C(=O)CN(c1ccc(F)cc1)S(C)(=O)=O. The number of benzene rings is 2. The molecule has 0 spiro atoms. The van der Waals surface area contributed by atoms with Gasteiger partial charge in [-0.05, 0) is 56.2 Å². The lowest BCUT2D eigenvalue weighted by molar-refractivity contribution is -0.139. The van der Waals surface area contributed by atoms with Crippen molar-refractivity contribution >= 4 is 27.5 Å². The lowest BCUT2D eigenvalue weighted by Gasteiger charge is -2.31. The Bertz CT molecular complexity index is 1030. The minimum Gasteiger partial charge on any atom is -0.355 e. The Morgan fingerprint density at radius 1 is 1.10 bits per heavy atom. The van der Waals surface area contributed by atoms with E-state index in [-0.39, 0.29) is 18.1 Å². The minimum absolute atomic E-state index is 0.144. The number of nitrogens with zero attached hydrogens (tertiary/aromatic N) is 2. The molecule has 0 saturated heterocycles. The third-order valence-corrected chi connectivity index (χ3v) is 6.05. The maximum atomic E-state index is 13.3. The topological polar surface area (TPSA) is 86.8 Å². The van der Waals surface area contributed by atoms with Gasteiger partial charge in [-0.25, -0.2) is 12.8 Å². The first kappa shape index (κ1) is 24.3. The highest BCUT2D eigenvalue weighted by molar-refractivity contribution is 7.92. The third-order valence-electron chi connectivity index (χ3n) is 4.91. The highest BCUT2D eigenvalue weighted by Crippen LogP contribution is 2.20. The lowest BCUT2D eigenvalue weighted by atomic mass is 10.1. The van der Waals surface area contributed by atoms with Gasteiger partial charge in [0.15, 0.2) is 0 Å². The van der Waals surface area contributed by atoms with Crippen LogP contribution < -0.4 is 9.62 Å². The molecular formula is C22H28FN3O4S. The van der Waals surface area contributed by atoms with E-state index in [2.05, 4.69) is 5.32 Å². The van der Waals surface area contributed by atoms with Crippen molar-refractivity contribution in [3.05, 3.63) is 65.5 Å². The average Bonchev–Trinajstić information content (AvgIpc) is 2.71. The molecule has 2 amide bonds. The van der Waals surface area contributed by atoms with E-state index in [1.165, 1.54) is 17.0 Å². The van der Waals surface area contributed by atoms with Crippen LogP contribution in [0.25, 0.3) is 0 Å². The van der Waals surface area contributed by atoms with E-state index in [0.29, 0.717) is 6.54 Å². The van der Waals surface area contributed by atoms with Crippen molar-refractivity contribution in [2.45, 2.75) is 33.4 Å². The number of hydrogen-bond donors (Lipinski definition) is 1. The molecule has 168 valence electrons. The zero-order valence-corrected chi connectivity index (χ0v) is 18.9. The highest BCUT2D eigenvalue weighted by atomic mass is 32.2. The molecule has 1 atom stereocenters. The molecule has 2 aromatic rings. The third kappa shape index (κ3) is 6.52. The second-order valence-electron chi connectivity index (χ2n) is 7.26. The summed E-state index contributed by atoms with van der Waals surface area (Å²) in [5, 5.41) is 2.70. The number of amides is 2. The summed E-state index contributed by atoms with van der Waals surface area (Å²) < 4.78 is 39.0. The van der Waals surface area contributed by atoms with Crippen molar-refractivity contribution in [2.24, 2.45) is 0 Å². The van der Waals surface area contributed by atoms with Crippen LogP contribution in [0.3, 0.4) is 0 Å². The molecule has 0 fully saturated rings. The van der Waals surface area contributed by atoms with Gasteiger partial charge in [0.1, 0.15) is 18.4 Å². The van der Waals surface area contributed by atoms with Gasteiger partial charge in [-0.1, -0.05) is 24.3 Å². The lowest BCUT2D eigenvalue weighted by Crippen LogP contribution is -2.51. The first-order valence-corrected chi connectivity index (χ1v) is 11.7. The fourth-order valence-electron chi connectivity index (χ4n) is 3.10. The second-order valence-corrected chi connectivity index (χ2v) is 9.17. The smallest absolute Gasteiger partial charge is 0.244 e. The van der Waals surface area contributed by atoms with E-state index in [9.17, 15) is 22.4 Å². The Balaban J connectivity index is 2.38. The molecule has 0 saturated carbocycles. The minimum atomic E-state index is -3.83. The van der Waals surface area contributed by atoms with Crippen molar-refractivity contribution < 1.29 is 22.4 Å². The molecule has 31 heavy (non-hydrogen) atoms. The summed E-state index contributed by atoms with van der Waals surface area (Å²) in [6.45, 7) is 5.31. The van der Waals surface area contributed by atoms with E-state index in [1.807, 2.05) is 31.2 Å². The number of likely N-dealkylation sites (N-methyl/N-ethyl adjacent to an activating group) is 1. The Hall–Kier alpha value is -2.94. The molecule has 0 aliphatic rings. The number of carbonyl (C=O) groups excluding carboxylic acids is 2. The Labute approximate surface area is 182 Å². The first-order valence-electron chi connectivity index (χ1n) is 9.89. The van der Waals surface area contributed by atoms with Crippen molar-refractivity contribution in [3.63, 3.8) is 0 Å². The Morgan fingerprint density at radius 3 is 2.26 bits per heavy atom. The van der Waals surface area contributed by atoms with Crippen LogP contribution >= 0.6 is 0 Å². The molecular weight excluding hydrogens is 421 g/mol. The normalized spacial score (nSPS) is 12.2. The molecule has 0 heterocycles. The van der Waals surface area contributed by atoms with Crippen LogP contribution in [0.1, 0.15) is 25.0 Å². The van der Waals surface area contributed by atoms with Gasteiger partial charge in [-0.15, -0.1) is 0 Å². The van der Waals surface area contributed by atoms with Crippen LogP contribution in [-0.4, -0.2) is 50.5 Å². The molecule has 9 heteroatoms. The van der Waals surface area contributed by atoms with Gasteiger partial charge in [-0.2, -0.15) is 0 Å². The van der Waals surface area contributed by atoms with Crippen LogP contribution in [0.4, 0.5) is 10.1 Å². The number of nitrogens with one attached hydrogen (secondary N) is 1. The van der Waals surface area contributed by atoms with Crippen molar-refractivity contribution in [1.29, 1.82) is 0 Å². The van der Waals surface area contributed by atoms with Crippen LogP contribution in [0.2, 0.25) is 0 Å². The summed E-state index contributed by atoms with van der Waals surface area (Å²) in [6.07, 6.45) is 0.975. The Morgan fingerprint density at radius 2 is 1.71 bits per heavy atom. The van der Waals surface area contributed by atoms with Crippen LogP contribution in [0, 0.1) is 12.7 Å². The number of sulfonamides is 1. The maximum absolute atomic E-state index is 13.3. The summed E-state index contributed by atoms with van der Waals surface area (Å²) in [6, 6.07) is 11.5. The highest BCUT2D eigenvalue weighted by Gasteiger charge is 2.30. The number of aryl methyl sites for hydroxylation is 1. The van der Waals surface area contributed by atoms with E-state index in [0.717, 1.165) is 33.8 Å². The molecule has 0 aliphatic heterocycles. The van der Waals surface area contributed by atoms with Crippen molar-refractivity contribution in [3.8, 4) is 0 Å². The molecule has 0 unspecified atom stereocenters. The monoisotopic (exact) mass is 449 g/mol. The molecule has 1 N–H and O–H groups in total. The van der Waals surface area contributed by atoms with Gasteiger partial charge in [-0.3, -0.25) is 13.9 Å². The molecule has 7 nitrogen and oxygen atoms in total. The van der Waals surface area contributed by atoms with Gasteiger partial charge >= 0.3 is 0 Å². The predicted molar refractivity (Wildman–Crippen MR) is 118 cm³/mol. The maximum Gasteiger partial charge on any atom is 0.244 e. The number of halogens is 1. The molecule has 2 aromatic carbocycles. The first-order chi connectivity index (χ1) is 14.5. The van der Waals surface area contributed by atoms with Gasteiger partial charge < -0.3 is 10.2 Å². The molecule has 0 radical (unpaired) electrons. The quantitative estimate of drug-likeness (QED) is 0.637. The summed E-state index contributed by atoms with van der Waals surface area (Å²) in [5.41, 5.74) is 1.96. The fourth-order valence-corrected chi connectivity index (χ4v) is 3.95. The summed E-state index contributed by atoms with van der Waals surface area (Å²) >= 11 is 0. The summed E-state index contributed by atoms with van der Waals surface area (Å²) in [4.78, 5) is 27.1. The van der Waals surface area contributed by atoms with Crippen molar-refractivity contribution in [2.75, 3.05) is 23.7 Å². The van der Waals surface area contributed by atoms with Crippen molar-refractivity contribution in [1.82, 2.24) is 10.2 Å². The summed E-state index contributed by atoms with van der Waals surface area (Å²) in [7, 11) is -3.83. The zero-order valence-electron chi connectivity index (χ0n) is 18.1. The van der Waals surface area contributed by atoms with Gasteiger partial charge in [0.2, 0.25) is 21.8 Å². The number of carbonyl (C=O) groups is 2. The van der Waals surface area contributed by atoms with Crippen LogP contribution in [0.5, 0.6) is 0 Å². The molecule has 2 rings (SSSR count). The van der Waals surface area contributed by atoms with E-state index in [4.69, 9.17) is 0 Å². The second kappa shape index (κ2) is 10.4. The average molecular weight is 450 g/mol. The fraction of sp³-hybridized carbons (Fsp3) is 0.364. The molecule has 0 aliphatic carbocycles. The van der Waals surface area contributed by atoms with E-state index in [1.54, 1.807) is 13.8 Å². The van der Waals surface area contributed by atoms with Gasteiger partial charge in [0.05, 0.1) is 11.9 Å². The van der Waals surface area contributed by atoms with Gasteiger partial charge in [0, 0.05) is 13.1 Å².